The van der Waals surface area contributed by atoms with Gasteiger partial charge in [-0.1, -0.05) is 0 Å². The van der Waals surface area contributed by atoms with E-state index in [4.69, 9.17) is 10.2 Å². The molecule has 88 valence electrons. The standard InChI is InChI=1S/C3H6N4O3.C3H8O2/c4-1(8)6-3(10)7-2(5)9;1-3(5)2-4/h(H6,4,5,6,7,8,9,10);3-5H,2H2,1H3. The first-order valence-electron chi connectivity index (χ1n) is 3.75. The summed E-state index contributed by atoms with van der Waals surface area (Å²) in [6.07, 6.45) is -0.560. The van der Waals surface area contributed by atoms with Crippen LogP contribution in [0.1, 0.15) is 6.92 Å². The van der Waals surface area contributed by atoms with E-state index in [9.17, 15) is 14.4 Å². The van der Waals surface area contributed by atoms with E-state index < -0.39 is 24.2 Å². The van der Waals surface area contributed by atoms with Gasteiger partial charge in [0, 0.05) is 0 Å². The molecular formula is C6H14N4O5. The predicted octanol–water partition coefficient (Wildman–Crippen LogP) is -2.20. The fourth-order valence-corrected chi connectivity index (χ4v) is 0.255. The lowest BCUT2D eigenvalue weighted by molar-refractivity contribution is 0.110. The zero-order valence-corrected chi connectivity index (χ0v) is 8.06. The molecule has 0 aromatic heterocycles. The summed E-state index contributed by atoms with van der Waals surface area (Å²) < 4.78 is 0. The smallest absolute Gasteiger partial charge is 0.330 e. The minimum absolute atomic E-state index is 0.139. The number of hydrogen-bond donors (Lipinski definition) is 6. The minimum atomic E-state index is -1.06. The average Bonchev–Trinajstić information content (AvgIpc) is 2.01. The minimum Gasteiger partial charge on any atom is -0.394 e. The van der Waals surface area contributed by atoms with E-state index >= 15 is 0 Å². The number of imide groups is 2. The Hall–Kier alpha value is -1.87. The van der Waals surface area contributed by atoms with Crippen LogP contribution in [0.4, 0.5) is 14.4 Å². The molecule has 0 radical (unpaired) electrons. The van der Waals surface area contributed by atoms with E-state index in [-0.39, 0.29) is 6.61 Å². The molecule has 0 saturated carbocycles. The predicted molar refractivity (Wildman–Crippen MR) is 49.6 cm³/mol. The molecule has 0 aromatic rings. The third-order valence-corrected chi connectivity index (χ3v) is 0.738. The number of aliphatic hydroxyl groups is 2. The maximum Gasteiger partial charge on any atom is 0.330 e. The van der Waals surface area contributed by atoms with Crippen molar-refractivity contribution < 1.29 is 24.6 Å². The van der Waals surface area contributed by atoms with Crippen LogP contribution in [0.2, 0.25) is 0 Å². The van der Waals surface area contributed by atoms with E-state index in [1.165, 1.54) is 6.92 Å². The van der Waals surface area contributed by atoms with Gasteiger partial charge in [-0.05, 0) is 6.92 Å². The van der Waals surface area contributed by atoms with Crippen molar-refractivity contribution in [2.45, 2.75) is 13.0 Å². The van der Waals surface area contributed by atoms with Gasteiger partial charge in [-0.15, -0.1) is 0 Å². The van der Waals surface area contributed by atoms with Gasteiger partial charge in [0.25, 0.3) is 0 Å². The molecule has 9 heteroatoms. The molecule has 1 unspecified atom stereocenters. The van der Waals surface area contributed by atoms with E-state index in [0.717, 1.165) is 0 Å². The molecule has 9 nitrogen and oxygen atoms in total. The van der Waals surface area contributed by atoms with Gasteiger partial charge in [0.05, 0.1) is 12.7 Å². The summed E-state index contributed by atoms with van der Waals surface area (Å²) in [6.45, 7) is 1.39. The molecule has 0 spiro atoms. The van der Waals surface area contributed by atoms with E-state index in [1.54, 1.807) is 10.6 Å². The third kappa shape index (κ3) is 18.8. The fourth-order valence-electron chi connectivity index (χ4n) is 0.255. The van der Waals surface area contributed by atoms with Crippen LogP contribution in [-0.2, 0) is 0 Å². The Kier molecular flexibility index (Phi) is 9.06. The molecular weight excluding hydrogens is 208 g/mol. The first-order valence-corrected chi connectivity index (χ1v) is 3.75. The Labute approximate surface area is 85.4 Å². The van der Waals surface area contributed by atoms with Crippen molar-refractivity contribution in [1.29, 1.82) is 0 Å². The number of primary amides is 2. The van der Waals surface area contributed by atoms with Gasteiger partial charge in [-0.3, -0.25) is 10.6 Å². The van der Waals surface area contributed by atoms with E-state index in [1.807, 2.05) is 0 Å². The van der Waals surface area contributed by atoms with E-state index in [0.29, 0.717) is 0 Å². The van der Waals surface area contributed by atoms with Gasteiger partial charge in [-0.2, -0.15) is 0 Å². The zero-order valence-electron chi connectivity index (χ0n) is 8.06. The Morgan fingerprint density at radius 2 is 1.47 bits per heavy atom. The normalized spacial score (nSPS) is 10.3. The largest absolute Gasteiger partial charge is 0.394 e. The first kappa shape index (κ1) is 15.6. The Morgan fingerprint density at radius 1 is 1.20 bits per heavy atom. The quantitative estimate of drug-likeness (QED) is 0.295. The summed E-state index contributed by atoms with van der Waals surface area (Å²) in [4.78, 5) is 30.0. The number of amides is 6. The summed E-state index contributed by atoms with van der Waals surface area (Å²) in [5.41, 5.74) is 9.01. The van der Waals surface area contributed by atoms with Crippen molar-refractivity contribution in [3.8, 4) is 0 Å². The second-order valence-corrected chi connectivity index (χ2v) is 2.34. The van der Waals surface area contributed by atoms with Crippen molar-refractivity contribution in [2.24, 2.45) is 11.5 Å². The Morgan fingerprint density at radius 3 is 1.60 bits per heavy atom. The monoisotopic (exact) mass is 222 g/mol. The maximum absolute atomic E-state index is 10.2. The van der Waals surface area contributed by atoms with Gasteiger partial charge >= 0.3 is 18.1 Å². The average molecular weight is 222 g/mol. The summed E-state index contributed by atoms with van der Waals surface area (Å²) in [6, 6.07) is -3.16. The SMILES string of the molecule is CC(O)CO.NC(=O)NC(=O)NC(N)=O. The van der Waals surface area contributed by atoms with Gasteiger partial charge in [0.15, 0.2) is 0 Å². The van der Waals surface area contributed by atoms with Crippen molar-refractivity contribution in [3.05, 3.63) is 0 Å². The van der Waals surface area contributed by atoms with Gasteiger partial charge in [0.1, 0.15) is 0 Å². The molecule has 6 amide bonds. The van der Waals surface area contributed by atoms with Crippen molar-refractivity contribution >= 4 is 18.1 Å². The van der Waals surface area contributed by atoms with Crippen LogP contribution < -0.4 is 22.1 Å². The van der Waals surface area contributed by atoms with Gasteiger partial charge in [0.2, 0.25) is 0 Å². The molecule has 15 heavy (non-hydrogen) atoms. The molecule has 0 saturated heterocycles. The molecule has 0 bridgehead atoms. The van der Waals surface area contributed by atoms with Crippen LogP contribution in [0, 0.1) is 0 Å². The Balaban J connectivity index is 0. The molecule has 0 fully saturated rings. The number of hydrogen-bond acceptors (Lipinski definition) is 5. The van der Waals surface area contributed by atoms with Crippen LogP contribution in [0.15, 0.2) is 0 Å². The number of aliphatic hydroxyl groups excluding tert-OH is 2. The van der Waals surface area contributed by atoms with E-state index in [2.05, 4.69) is 11.5 Å². The lowest BCUT2D eigenvalue weighted by Crippen LogP contribution is -2.46. The number of rotatable bonds is 1. The fraction of sp³-hybridized carbons (Fsp3) is 0.500. The summed E-state index contributed by atoms with van der Waals surface area (Å²) in [5, 5.41) is 19.1. The molecule has 0 aliphatic heterocycles. The number of carbonyl (C=O) groups excluding carboxylic acids is 3. The second-order valence-electron chi connectivity index (χ2n) is 2.34. The highest BCUT2D eigenvalue weighted by Gasteiger charge is 2.03. The molecule has 0 aromatic carbocycles. The number of carbonyl (C=O) groups is 3. The highest BCUT2D eigenvalue weighted by molar-refractivity contribution is 6.00. The lowest BCUT2D eigenvalue weighted by Gasteiger charge is -1.97. The van der Waals surface area contributed by atoms with Crippen LogP contribution in [0.3, 0.4) is 0 Å². The molecule has 1 atom stereocenters. The summed E-state index contributed by atoms with van der Waals surface area (Å²) >= 11 is 0. The molecule has 0 heterocycles. The molecule has 0 rings (SSSR count). The highest BCUT2D eigenvalue weighted by atomic mass is 16.3. The van der Waals surface area contributed by atoms with Crippen molar-refractivity contribution in [3.63, 3.8) is 0 Å². The van der Waals surface area contributed by atoms with Gasteiger partial charge < -0.3 is 21.7 Å². The third-order valence-electron chi connectivity index (χ3n) is 0.738. The number of nitrogens with two attached hydrogens (primary N) is 2. The summed E-state index contributed by atoms with van der Waals surface area (Å²) in [5.74, 6) is 0. The molecule has 0 aliphatic rings. The summed E-state index contributed by atoms with van der Waals surface area (Å²) in [7, 11) is 0. The number of urea groups is 3. The zero-order chi connectivity index (χ0) is 12.4. The molecule has 0 aliphatic carbocycles. The first-order chi connectivity index (χ1) is 6.79. The van der Waals surface area contributed by atoms with Crippen LogP contribution in [0.25, 0.3) is 0 Å². The van der Waals surface area contributed by atoms with Crippen LogP contribution in [0.5, 0.6) is 0 Å². The van der Waals surface area contributed by atoms with Gasteiger partial charge in [-0.25, -0.2) is 14.4 Å². The second kappa shape index (κ2) is 8.72. The number of nitrogens with one attached hydrogen (secondary N) is 2. The topological polar surface area (TPSA) is 168 Å². The lowest BCUT2D eigenvalue weighted by atomic mass is 10.5. The highest BCUT2D eigenvalue weighted by Crippen LogP contribution is 1.68. The van der Waals surface area contributed by atoms with Crippen LogP contribution in [-0.4, -0.2) is 41.0 Å². The Bertz CT molecular complexity index is 212. The van der Waals surface area contributed by atoms with Crippen molar-refractivity contribution in [1.82, 2.24) is 10.6 Å². The maximum atomic E-state index is 10.2. The van der Waals surface area contributed by atoms with Crippen LogP contribution >= 0.6 is 0 Å². The van der Waals surface area contributed by atoms with Crippen molar-refractivity contribution in [2.75, 3.05) is 6.61 Å². The molecule has 8 N–H and O–H groups in total.